The van der Waals surface area contributed by atoms with E-state index in [4.69, 9.17) is 0 Å². The highest BCUT2D eigenvalue weighted by molar-refractivity contribution is 7.89. The Morgan fingerprint density at radius 2 is 1.90 bits per heavy atom. The molecule has 1 saturated carbocycles. The number of aryl methyl sites for hydroxylation is 2. The van der Waals surface area contributed by atoms with E-state index in [1.54, 1.807) is 28.9 Å². The lowest BCUT2D eigenvalue weighted by Gasteiger charge is -2.08. The van der Waals surface area contributed by atoms with Crippen LogP contribution in [0.3, 0.4) is 0 Å². The zero-order valence-corrected chi connectivity index (χ0v) is 12.8. The molecule has 2 aromatic rings. The number of benzene rings is 1. The second-order valence-electron chi connectivity index (χ2n) is 5.35. The molecule has 1 fully saturated rings. The Morgan fingerprint density at radius 1 is 1.24 bits per heavy atom. The van der Waals surface area contributed by atoms with Crippen LogP contribution in [0.5, 0.6) is 0 Å². The van der Waals surface area contributed by atoms with Crippen LogP contribution in [0.25, 0.3) is 0 Å². The number of nitrogens with one attached hydrogen (secondary N) is 2. The normalized spacial score (nSPS) is 15.1. The van der Waals surface area contributed by atoms with Gasteiger partial charge in [0.1, 0.15) is 0 Å². The van der Waals surface area contributed by atoms with Gasteiger partial charge in [-0.3, -0.25) is 4.68 Å². The largest absolute Gasteiger partial charge is 0.353 e. The maximum Gasteiger partial charge on any atom is 0.240 e. The molecule has 3 rings (SSSR count). The quantitative estimate of drug-likeness (QED) is 0.885. The van der Waals surface area contributed by atoms with Crippen molar-refractivity contribution >= 4 is 21.4 Å². The van der Waals surface area contributed by atoms with E-state index in [0.29, 0.717) is 4.90 Å². The predicted octanol–water partition coefficient (Wildman–Crippen LogP) is 1.91. The van der Waals surface area contributed by atoms with E-state index in [1.165, 1.54) is 0 Å². The van der Waals surface area contributed by atoms with Gasteiger partial charge in [0.15, 0.2) is 0 Å². The van der Waals surface area contributed by atoms with Crippen LogP contribution in [0.1, 0.15) is 18.5 Å². The van der Waals surface area contributed by atoms with Gasteiger partial charge in [-0.2, -0.15) is 5.10 Å². The van der Waals surface area contributed by atoms with Crippen LogP contribution < -0.4 is 10.0 Å². The van der Waals surface area contributed by atoms with Crippen molar-refractivity contribution in [3.63, 3.8) is 0 Å². The SMILES string of the molecule is Cc1nn(C)cc1Nc1ccc(S(=O)(=O)NC2CC2)cc1. The van der Waals surface area contributed by atoms with Gasteiger partial charge in [0.05, 0.1) is 16.3 Å². The van der Waals surface area contributed by atoms with Gasteiger partial charge in [0.2, 0.25) is 10.0 Å². The fourth-order valence-electron chi connectivity index (χ4n) is 2.08. The van der Waals surface area contributed by atoms with E-state index in [0.717, 1.165) is 29.9 Å². The minimum Gasteiger partial charge on any atom is -0.353 e. The van der Waals surface area contributed by atoms with Gasteiger partial charge >= 0.3 is 0 Å². The van der Waals surface area contributed by atoms with Gasteiger partial charge in [-0.05, 0) is 44.0 Å². The van der Waals surface area contributed by atoms with Crippen LogP contribution in [0.15, 0.2) is 35.4 Å². The second-order valence-corrected chi connectivity index (χ2v) is 7.06. The fraction of sp³-hybridized carbons (Fsp3) is 0.357. The minimum absolute atomic E-state index is 0.117. The van der Waals surface area contributed by atoms with Gasteiger partial charge in [-0.25, -0.2) is 13.1 Å². The first-order chi connectivity index (χ1) is 9.94. The van der Waals surface area contributed by atoms with Crippen molar-refractivity contribution in [1.82, 2.24) is 14.5 Å². The molecule has 0 unspecified atom stereocenters. The summed E-state index contributed by atoms with van der Waals surface area (Å²) in [6.45, 7) is 1.92. The Hall–Kier alpha value is -1.86. The first kappa shape index (κ1) is 14.1. The van der Waals surface area contributed by atoms with Gasteiger partial charge in [-0.1, -0.05) is 0 Å². The number of hydrogen-bond donors (Lipinski definition) is 2. The summed E-state index contributed by atoms with van der Waals surface area (Å²) in [5.74, 6) is 0. The third-order valence-electron chi connectivity index (χ3n) is 3.36. The lowest BCUT2D eigenvalue weighted by atomic mass is 10.3. The minimum atomic E-state index is -3.38. The molecule has 1 aliphatic carbocycles. The van der Waals surface area contributed by atoms with Crippen molar-refractivity contribution in [1.29, 1.82) is 0 Å². The molecule has 6 nitrogen and oxygen atoms in total. The Labute approximate surface area is 124 Å². The maximum absolute atomic E-state index is 12.1. The smallest absolute Gasteiger partial charge is 0.240 e. The topological polar surface area (TPSA) is 76.0 Å². The third kappa shape index (κ3) is 3.25. The summed E-state index contributed by atoms with van der Waals surface area (Å²) >= 11 is 0. The lowest BCUT2D eigenvalue weighted by Crippen LogP contribution is -2.25. The number of rotatable bonds is 5. The summed E-state index contributed by atoms with van der Waals surface area (Å²) < 4.78 is 28.5. The van der Waals surface area contributed by atoms with Crippen molar-refractivity contribution in [2.75, 3.05) is 5.32 Å². The summed E-state index contributed by atoms with van der Waals surface area (Å²) in [5.41, 5.74) is 2.63. The lowest BCUT2D eigenvalue weighted by molar-refractivity contribution is 0.581. The molecule has 112 valence electrons. The molecule has 0 radical (unpaired) electrons. The Bertz CT molecular complexity index is 746. The predicted molar refractivity (Wildman–Crippen MR) is 81.0 cm³/mol. The molecule has 2 N–H and O–H groups in total. The fourth-order valence-corrected chi connectivity index (χ4v) is 3.39. The van der Waals surface area contributed by atoms with Crippen LogP contribution in [0.4, 0.5) is 11.4 Å². The van der Waals surface area contributed by atoms with Gasteiger partial charge < -0.3 is 5.32 Å². The van der Waals surface area contributed by atoms with Crippen molar-refractivity contribution in [3.8, 4) is 0 Å². The molecule has 0 aliphatic heterocycles. The zero-order chi connectivity index (χ0) is 15.0. The van der Waals surface area contributed by atoms with Crippen LogP contribution in [-0.4, -0.2) is 24.2 Å². The first-order valence-corrected chi connectivity index (χ1v) is 8.32. The summed E-state index contributed by atoms with van der Waals surface area (Å²) in [7, 11) is -1.53. The van der Waals surface area contributed by atoms with Gasteiger partial charge in [0, 0.05) is 25.0 Å². The van der Waals surface area contributed by atoms with Crippen LogP contribution in [0.2, 0.25) is 0 Å². The van der Waals surface area contributed by atoms with Crippen LogP contribution in [-0.2, 0) is 17.1 Å². The van der Waals surface area contributed by atoms with Crippen LogP contribution in [0, 0.1) is 6.92 Å². The standard InChI is InChI=1S/C14H18N4O2S/c1-10-14(9-18(2)16-10)15-11-5-7-13(8-6-11)21(19,20)17-12-3-4-12/h5-9,12,15,17H,3-4H2,1-2H3. The van der Waals surface area contributed by atoms with E-state index in [-0.39, 0.29) is 6.04 Å². The van der Waals surface area contributed by atoms with E-state index in [1.807, 2.05) is 20.2 Å². The number of aromatic nitrogens is 2. The number of nitrogens with zero attached hydrogens (tertiary/aromatic N) is 2. The second kappa shape index (κ2) is 5.16. The summed E-state index contributed by atoms with van der Waals surface area (Å²) in [5, 5.41) is 7.48. The molecular weight excluding hydrogens is 288 g/mol. The van der Waals surface area contributed by atoms with Crippen molar-refractivity contribution in [3.05, 3.63) is 36.2 Å². The number of sulfonamides is 1. The molecule has 21 heavy (non-hydrogen) atoms. The highest BCUT2D eigenvalue weighted by Crippen LogP contribution is 2.24. The molecule has 0 bridgehead atoms. The summed E-state index contributed by atoms with van der Waals surface area (Å²) in [6, 6.07) is 6.85. The van der Waals surface area contributed by atoms with E-state index in [2.05, 4.69) is 15.1 Å². The molecule has 0 atom stereocenters. The molecular formula is C14H18N4O2S. The monoisotopic (exact) mass is 306 g/mol. The molecule has 0 spiro atoms. The van der Waals surface area contributed by atoms with Gasteiger partial charge in [-0.15, -0.1) is 0 Å². The van der Waals surface area contributed by atoms with Gasteiger partial charge in [0.25, 0.3) is 0 Å². The van der Waals surface area contributed by atoms with Crippen molar-refractivity contribution in [2.24, 2.45) is 7.05 Å². The van der Waals surface area contributed by atoms with E-state index < -0.39 is 10.0 Å². The van der Waals surface area contributed by atoms with E-state index in [9.17, 15) is 8.42 Å². The summed E-state index contributed by atoms with van der Waals surface area (Å²) in [4.78, 5) is 0.294. The number of anilines is 2. The molecule has 1 aliphatic rings. The van der Waals surface area contributed by atoms with Crippen LogP contribution >= 0.6 is 0 Å². The molecule has 1 aromatic carbocycles. The highest BCUT2D eigenvalue weighted by atomic mass is 32.2. The zero-order valence-electron chi connectivity index (χ0n) is 12.0. The molecule has 1 heterocycles. The average Bonchev–Trinajstić information content (AvgIpc) is 3.15. The molecule has 0 saturated heterocycles. The molecule has 7 heteroatoms. The Kier molecular flexibility index (Phi) is 3.46. The number of hydrogen-bond acceptors (Lipinski definition) is 4. The molecule has 0 amide bonds. The average molecular weight is 306 g/mol. The highest BCUT2D eigenvalue weighted by Gasteiger charge is 2.27. The van der Waals surface area contributed by atoms with Crippen molar-refractivity contribution in [2.45, 2.75) is 30.7 Å². The van der Waals surface area contributed by atoms with E-state index >= 15 is 0 Å². The Balaban J connectivity index is 1.76. The molecule has 1 aromatic heterocycles. The Morgan fingerprint density at radius 3 is 2.43 bits per heavy atom. The first-order valence-electron chi connectivity index (χ1n) is 6.84. The summed E-state index contributed by atoms with van der Waals surface area (Å²) in [6.07, 6.45) is 3.74. The van der Waals surface area contributed by atoms with Crippen molar-refractivity contribution < 1.29 is 8.42 Å². The third-order valence-corrected chi connectivity index (χ3v) is 4.89. The maximum atomic E-state index is 12.1.